The molecule has 0 aliphatic rings. The van der Waals surface area contributed by atoms with Gasteiger partial charge in [0.1, 0.15) is 5.69 Å². The molecule has 0 spiro atoms. The molecule has 1 aromatic rings. The summed E-state index contributed by atoms with van der Waals surface area (Å²) in [5.41, 5.74) is 0.890. The van der Waals surface area contributed by atoms with E-state index in [-0.39, 0.29) is 11.4 Å². The Labute approximate surface area is 86.6 Å². The van der Waals surface area contributed by atoms with Crippen molar-refractivity contribution in [2.45, 2.75) is 6.92 Å². The quantitative estimate of drug-likeness (QED) is 0.467. The van der Waals surface area contributed by atoms with Crippen molar-refractivity contribution < 1.29 is 9.72 Å². The normalized spacial score (nSPS) is 9.40. The number of nitro groups is 1. The molecule has 15 heavy (non-hydrogen) atoms. The molecule has 78 valence electrons. The minimum absolute atomic E-state index is 0.129. The first-order valence-electron chi connectivity index (χ1n) is 4.23. The summed E-state index contributed by atoms with van der Waals surface area (Å²) < 4.78 is 0. The Hall–Kier alpha value is -2.17. The molecule has 0 fully saturated rings. The lowest BCUT2D eigenvalue weighted by Gasteiger charge is -2.04. The lowest BCUT2D eigenvalue weighted by Crippen LogP contribution is -2.09. The van der Waals surface area contributed by atoms with Gasteiger partial charge in [0.15, 0.2) is 0 Å². The van der Waals surface area contributed by atoms with Crippen molar-refractivity contribution in [3.8, 4) is 0 Å². The molecule has 0 unspecified atom stereocenters. The number of hydrogen-bond donors (Lipinski definition) is 1. The van der Waals surface area contributed by atoms with Crippen molar-refractivity contribution in [2.24, 2.45) is 0 Å². The topological polar surface area (TPSA) is 72.2 Å². The van der Waals surface area contributed by atoms with E-state index in [0.29, 0.717) is 0 Å². The third kappa shape index (κ3) is 2.63. The Morgan fingerprint density at radius 2 is 2.27 bits per heavy atom. The van der Waals surface area contributed by atoms with Gasteiger partial charge in [-0.1, -0.05) is 12.6 Å². The number of rotatable bonds is 3. The van der Waals surface area contributed by atoms with E-state index >= 15 is 0 Å². The maximum absolute atomic E-state index is 11.0. The van der Waals surface area contributed by atoms with Crippen LogP contribution in [0.4, 0.5) is 11.4 Å². The largest absolute Gasteiger partial charge is 0.317 e. The van der Waals surface area contributed by atoms with Crippen LogP contribution in [0.5, 0.6) is 0 Å². The Balaban J connectivity index is 3.12. The summed E-state index contributed by atoms with van der Waals surface area (Å²) in [6, 6.07) is 4.51. The summed E-state index contributed by atoms with van der Waals surface area (Å²) in [7, 11) is 0. The van der Waals surface area contributed by atoms with Crippen molar-refractivity contribution in [3.63, 3.8) is 0 Å². The summed E-state index contributed by atoms with van der Waals surface area (Å²) in [6.45, 7) is 5.06. The first kappa shape index (κ1) is 10.9. The van der Waals surface area contributed by atoms with Gasteiger partial charge in [0.2, 0.25) is 5.91 Å². The third-order valence-corrected chi connectivity index (χ3v) is 1.79. The average molecular weight is 206 g/mol. The van der Waals surface area contributed by atoms with Crippen LogP contribution in [-0.2, 0) is 4.79 Å². The molecule has 1 amide bonds. The van der Waals surface area contributed by atoms with Crippen LogP contribution in [0, 0.1) is 17.0 Å². The Morgan fingerprint density at radius 1 is 1.60 bits per heavy atom. The second kappa shape index (κ2) is 4.36. The molecular weight excluding hydrogens is 196 g/mol. The van der Waals surface area contributed by atoms with E-state index in [1.165, 1.54) is 6.07 Å². The first-order chi connectivity index (χ1) is 7.04. The minimum atomic E-state index is -0.544. The zero-order valence-corrected chi connectivity index (χ0v) is 8.19. The fraction of sp³-hybridized carbons (Fsp3) is 0.100. The van der Waals surface area contributed by atoms with Gasteiger partial charge >= 0.3 is 0 Å². The summed E-state index contributed by atoms with van der Waals surface area (Å²) >= 11 is 0. The molecule has 5 heteroatoms. The number of carbonyl (C=O) groups excluding carboxylic acids is 1. The number of hydrogen-bond acceptors (Lipinski definition) is 3. The number of amides is 1. The summed E-state index contributed by atoms with van der Waals surface area (Å²) in [5.74, 6) is -0.469. The van der Waals surface area contributed by atoms with E-state index in [9.17, 15) is 14.9 Å². The Morgan fingerprint density at radius 3 is 2.80 bits per heavy atom. The number of nitro benzene ring substituents is 1. The fourth-order valence-electron chi connectivity index (χ4n) is 1.09. The predicted molar refractivity (Wildman–Crippen MR) is 56.7 cm³/mol. The number of nitrogens with one attached hydrogen (secondary N) is 1. The zero-order chi connectivity index (χ0) is 11.4. The molecule has 1 aromatic carbocycles. The van der Waals surface area contributed by atoms with Crippen molar-refractivity contribution in [2.75, 3.05) is 5.32 Å². The molecule has 5 nitrogen and oxygen atoms in total. The predicted octanol–water partition coefficient (Wildman–Crippen LogP) is 2.03. The molecule has 0 radical (unpaired) electrons. The highest BCUT2D eigenvalue weighted by Gasteiger charge is 2.14. The van der Waals surface area contributed by atoms with E-state index in [0.717, 1.165) is 11.6 Å². The lowest BCUT2D eigenvalue weighted by molar-refractivity contribution is -0.383. The average Bonchev–Trinajstić information content (AvgIpc) is 2.17. The Bertz CT molecular complexity index is 427. The zero-order valence-electron chi connectivity index (χ0n) is 8.19. The van der Waals surface area contributed by atoms with Gasteiger partial charge in [0.05, 0.1) is 4.92 Å². The lowest BCUT2D eigenvalue weighted by atomic mass is 10.2. The van der Waals surface area contributed by atoms with E-state index < -0.39 is 10.8 Å². The van der Waals surface area contributed by atoms with Crippen molar-refractivity contribution >= 4 is 17.3 Å². The molecule has 0 aliphatic carbocycles. The monoisotopic (exact) mass is 206 g/mol. The van der Waals surface area contributed by atoms with Gasteiger partial charge in [-0.3, -0.25) is 14.9 Å². The number of anilines is 1. The summed E-state index contributed by atoms with van der Waals surface area (Å²) in [5, 5.41) is 13.0. The maximum atomic E-state index is 11.0. The van der Waals surface area contributed by atoms with Gasteiger partial charge in [-0.15, -0.1) is 0 Å². The smallest absolute Gasteiger partial charge is 0.292 e. The molecule has 0 atom stereocenters. The maximum Gasteiger partial charge on any atom is 0.292 e. The molecule has 0 heterocycles. The van der Waals surface area contributed by atoms with Crippen molar-refractivity contribution in [1.29, 1.82) is 0 Å². The van der Waals surface area contributed by atoms with Crippen LogP contribution in [0.2, 0.25) is 0 Å². The van der Waals surface area contributed by atoms with E-state index in [2.05, 4.69) is 11.9 Å². The van der Waals surface area contributed by atoms with Crippen LogP contribution in [0.1, 0.15) is 5.56 Å². The molecule has 0 aliphatic heterocycles. The molecule has 0 aromatic heterocycles. The minimum Gasteiger partial charge on any atom is -0.317 e. The fourth-order valence-corrected chi connectivity index (χ4v) is 1.09. The molecule has 0 bridgehead atoms. The molecule has 1 rings (SSSR count). The standard InChI is InChI=1S/C10H10N2O3/c1-3-10(13)11-8-6-7(2)4-5-9(8)12(14)15/h3-6H,1H2,2H3,(H,11,13). The third-order valence-electron chi connectivity index (χ3n) is 1.79. The second-order valence-corrected chi connectivity index (χ2v) is 2.97. The number of carbonyl (C=O) groups is 1. The highest BCUT2D eigenvalue weighted by Crippen LogP contribution is 2.24. The molecular formula is C10H10N2O3. The van der Waals surface area contributed by atoms with Gasteiger partial charge in [0, 0.05) is 6.07 Å². The number of benzene rings is 1. The van der Waals surface area contributed by atoms with E-state index in [1.807, 2.05) is 0 Å². The summed E-state index contributed by atoms with van der Waals surface area (Å²) in [6.07, 6.45) is 1.06. The van der Waals surface area contributed by atoms with Crippen LogP contribution < -0.4 is 5.32 Å². The van der Waals surface area contributed by atoms with Crippen LogP contribution in [0.15, 0.2) is 30.9 Å². The SMILES string of the molecule is C=CC(=O)Nc1cc(C)ccc1[N+](=O)[O-]. The van der Waals surface area contributed by atoms with Gasteiger partial charge in [-0.2, -0.15) is 0 Å². The van der Waals surface area contributed by atoms with Gasteiger partial charge in [0.25, 0.3) is 5.69 Å². The van der Waals surface area contributed by atoms with Crippen LogP contribution in [-0.4, -0.2) is 10.8 Å². The molecule has 0 saturated carbocycles. The number of aryl methyl sites for hydroxylation is 1. The molecule has 0 saturated heterocycles. The molecule has 1 N–H and O–H groups in total. The van der Waals surface area contributed by atoms with Gasteiger partial charge in [-0.05, 0) is 24.6 Å². The van der Waals surface area contributed by atoms with E-state index in [1.54, 1.807) is 19.1 Å². The first-order valence-corrected chi connectivity index (χ1v) is 4.23. The Kier molecular flexibility index (Phi) is 3.17. The summed E-state index contributed by atoms with van der Waals surface area (Å²) in [4.78, 5) is 21.1. The van der Waals surface area contributed by atoms with E-state index in [4.69, 9.17) is 0 Å². The van der Waals surface area contributed by atoms with Crippen LogP contribution >= 0.6 is 0 Å². The van der Waals surface area contributed by atoms with Crippen LogP contribution in [0.25, 0.3) is 0 Å². The number of nitrogens with zero attached hydrogens (tertiary/aromatic N) is 1. The van der Waals surface area contributed by atoms with Gasteiger partial charge in [-0.25, -0.2) is 0 Å². The highest BCUT2D eigenvalue weighted by molar-refractivity contribution is 6.00. The van der Waals surface area contributed by atoms with Crippen molar-refractivity contribution in [1.82, 2.24) is 0 Å². The highest BCUT2D eigenvalue weighted by atomic mass is 16.6. The van der Waals surface area contributed by atoms with Crippen LogP contribution in [0.3, 0.4) is 0 Å². The second-order valence-electron chi connectivity index (χ2n) is 2.97. The van der Waals surface area contributed by atoms with Crippen molar-refractivity contribution in [3.05, 3.63) is 46.5 Å². The van der Waals surface area contributed by atoms with Gasteiger partial charge < -0.3 is 5.32 Å².